The van der Waals surface area contributed by atoms with Crippen LogP contribution in [0.15, 0.2) is 0 Å². The molecule has 3 fully saturated rings. The average Bonchev–Trinajstić information content (AvgIpc) is 2.72. The van der Waals surface area contributed by atoms with Crippen molar-refractivity contribution in [3.8, 4) is 6.07 Å². The van der Waals surface area contributed by atoms with Crippen molar-refractivity contribution in [2.24, 2.45) is 23.7 Å². The van der Waals surface area contributed by atoms with Gasteiger partial charge in [-0.2, -0.15) is 5.26 Å². The van der Waals surface area contributed by atoms with E-state index in [9.17, 15) is 0 Å². The molecule has 0 amide bonds. The summed E-state index contributed by atoms with van der Waals surface area (Å²) in [6.45, 7) is 3.09. The molecule has 0 aromatic rings. The van der Waals surface area contributed by atoms with Gasteiger partial charge >= 0.3 is 0 Å². The summed E-state index contributed by atoms with van der Waals surface area (Å²) in [7, 11) is 0. The molecule has 14 heavy (non-hydrogen) atoms. The maximum Gasteiger partial charge on any atom is 0.0866 e. The molecule has 1 saturated heterocycles. The molecule has 0 radical (unpaired) electrons. The minimum Gasteiger partial charge on any atom is -0.290 e. The van der Waals surface area contributed by atoms with Crippen LogP contribution in [0.2, 0.25) is 0 Å². The first kappa shape index (κ1) is 8.73. The Morgan fingerprint density at radius 3 is 2.36 bits per heavy atom. The highest BCUT2D eigenvalue weighted by atomic mass is 15.1. The first-order valence-corrected chi connectivity index (χ1v) is 5.98. The Bertz CT molecular complexity index is 250. The minimum absolute atomic E-state index is 0.659. The van der Waals surface area contributed by atoms with Gasteiger partial charge in [-0.25, -0.2) is 0 Å². The molecule has 2 bridgehead atoms. The summed E-state index contributed by atoms with van der Waals surface area (Å²) in [6, 6.07) is 2.30. The maximum absolute atomic E-state index is 8.72. The summed E-state index contributed by atoms with van der Waals surface area (Å²) in [4.78, 5) is 2.39. The summed E-state index contributed by atoms with van der Waals surface area (Å²) in [5, 5.41) is 8.72. The van der Waals surface area contributed by atoms with Crippen LogP contribution in [-0.2, 0) is 0 Å². The molecular formula is C12H18N2. The molecular weight excluding hydrogens is 172 g/mol. The lowest BCUT2D eigenvalue weighted by molar-refractivity contribution is 0.166. The Labute approximate surface area is 85.9 Å². The quantitative estimate of drug-likeness (QED) is 0.590. The van der Waals surface area contributed by atoms with Gasteiger partial charge in [0.2, 0.25) is 0 Å². The zero-order valence-corrected chi connectivity index (χ0v) is 8.65. The van der Waals surface area contributed by atoms with Crippen molar-refractivity contribution in [1.82, 2.24) is 4.90 Å². The second kappa shape index (κ2) is 3.24. The molecule has 1 aliphatic heterocycles. The molecule has 1 heterocycles. The lowest BCUT2D eigenvalue weighted by Crippen LogP contribution is -2.37. The molecule has 2 aliphatic carbocycles. The maximum atomic E-state index is 8.72. The highest BCUT2D eigenvalue weighted by Crippen LogP contribution is 2.53. The molecule has 3 aliphatic rings. The van der Waals surface area contributed by atoms with Gasteiger partial charge in [0.1, 0.15) is 0 Å². The van der Waals surface area contributed by atoms with Crippen molar-refractivity contribution in [2.45, 2.75) is 25.7 Å². The van der Waals surface area contributed by atoms with E-state index in [-0.39, 0.29) is 0 Å². The van der Waals surface area contributed by atoms with E-state index in [4.69, 9.17) is 5.26 Å². The number of piperidine rings is 1. The van der Waals surface area contributed by atoms with Gasteiger partial charge in [-0.3, -0.25) is 4.90 Å². The van der Waals surface area contributed by atoms with Gasteiger partial charge in [0, 0.05) is 13.1 Å². The summed E-state index contributed by atoms with van der Waals surface area (Å²) in [5.41, 5.74) is 0. The van der Waals surface area contributed by atoms with Gasteiger partial charge in [0.15, 0.2) is 0 Å². The second-order valence-electron chi connectivity index (χ2n) is 5.37. The van der Waals surface area contributed by atoms with Crippen LogP contribution < -0.4 is 0 Å². The van der Waals surface area contributed by atoms with Crippen molar-refractivity contribution in [1.29, 1.82) is 5.26 Å². The first-order valence-electron chi connectivity index (χ1n) is 5.98. The van der Waals surface area contributed by atoms with Crippen LogP contribution in [0.1, 0.15) is 25.7 Å². The molecule has 2 saturated carbocycles. The lowest BCUT2D eigenvalue weighted by Gasteiger charge is -2.31. The highest BCUT2D eigenvalue weighted by Gasteiger charge is 2.48. The molecule has 76 valence electrons. The van der Waals surface area contributed by atoms with E-state index in [0.717, 1.165) is 23.7 Å². The van der Waals surface area contributed by atoms with E-state index in [1.165, 1.54) is 38.8 Å². The lowest BCUT2D eigenvalue weighted by atomic mass is 9.92. The van der Waals surface area contributed by atoms with Gasteiger partial charge in [-0.1, -0.05) is 6.42 Å². The number of nitriles is 1. The van der Waals surface area contributed by atoms with Crippen LogP contribution in [0.25, 0.3) is 0 Å². The molecule has 0 N–H and O–H groups in total. The number of fused-ring (bicyclic) bond motifs is 5. The normalized spacial score (nSPS) is 46.2. The molecule has 2 nitrogen and oxygen atoms in total. The second-order valence-corrected chi connectivity index (χ2v) is 5.37. The number of nitrogens with zero attached hydrogens (tertiary/aromatic N) is 2. The van der Waals surface area contributed by atoms with Gasteiger partial charge in [-0.05, 0) is 42.9 Å². The predicted octanol–water partition coefficient (Wildman–Crippen LogP) is 1.88. The van der Waals surface area contributed by atoms with Crippen LogP contribution in [0.4, 0.5) is 0 Å². The summed E-state index contributed by atoms with van der Waals surface area (Å²) in [5.74, 6) is 3.94. The van der Waals surface area contributed by atoms with Crippen molar-refractivity contribution >= 4 is 0 Å². The summed E-state index contributed by atoms with van der Waals surface area (Å²) in [6.07, 6.45) is 5.90. The van der Waals surface area contributed by atoms with Gasteiger partial charge in [0.25, 0.3) is 0 Å². The largest absolute Gasteiger partial charge is 0.290 e. The third kappa shape index (κ3) is 1.19. The third-order valence-electron chi connectivity index (χ3n) is 4.72. The Kier molecular flexibility index (Phi) is 2.02. The van der Waals surface area contributed by atoms with Crippen LogP contribution in [0.3, 0.4) is 0 Å². The monoisotopic (exact) mass is 190 g/mol. The Morgan fingerprint density at radius 1 is 1.14 bits per heavy atom. The molecule has 0 aromatic carbocycles. The fraction of sp³-hybridized carbons (Fsp3) is 0.917. The Balaban J connectivity index is 1.75. The molecule has 4 atom stereocenters. The van der Waals surface area contributed by atoms with Crippen molar-refractivity contribution in [2.75, 3.05) is 19.6 Å². The number of hydrogen-bond donors (Lipinski definition) is 0. The predicted molar refractivity (Wildman–Crippen MR) is 54.5 cm³/mol. The molecule has 2 heteroatoms. The van der Waals surface area contributed by atoms with Crippen LogP contribution in [-0.4, -0.2) is 24.5 Å². The average molecular weight is 190 g/mol. The molecule has 0 aromatic heterocycles. The zero-order valence-electron chi connectivity index (χ0n) is 8.65. The van der Waals surface area contributed by atoms with Crippen LogP contribution in [0.5, 0.6) is 0 Å². The smallest absolute Gasteiger partial charge is 0.0866 e. The Hall–Kier alpha value is -0.550. The molecule has 0 spiro atoms. The van der Waals surface area contributed by atoms with E-state index >= 15 is 0 Å². The van der Waals surface area contributed by atoms with E-state index in [2.05, 4.69) is 11.0 Å². The third-order valence-corrected chi connectivity index (χ3v) is 4.72. The van der Waals surface area contributed by atoms with Crippen LogP contribution in [0, 0.1) is 35.0 Å². The number of rotatable bonds is 1. The van der Waals surface area contributed by atoms with E-state index < -0.39 is 0 Å². The zero-order chi connectivity index (χ0) is 9.54. The van der Waals surface area contributed by atoms with Crippen molar-refractivity contribution in [3.63, 3.8) is 0 Å². The summed E-state index contributed by atoms with van der Waals surface area (Å²) >= 11 is 0. The van der Waals surface area contributed by atoms with Crippen LogP contribution >= 0.6 is 0 Å². The van der Waals surface area contributed by atoms with Gasteiger partial charge in [0.05, 0.1) is 12.6 Å². The van der Waals surface area contributed by atoms with E-state index in [1.54, 1.807) is 0 Å². The van der Waals surface area contributed by atoms with E-state index in [1.807, 2.05) is 0 Å². The van der Waals surface area contributed by atoms with E-state index in [0.29, 0.717) is 6.54 Å². The minimum atomic E-state index is 0.659. The fourth-order valence-corrected chi connectivity index (χ4v) is 4.31. The SMILES string of the molecule is N#CCN1CC2CC(C1)C1CCCC21. The van der Waals surface area contributed by atoms with Gasteiger partial charge in [-0.15, -0.1) is 0 Å². The van der Waals surface area contributed by atoms with Gasteiger partial charge < -0.3 is 0 Å². The number of hydrogen-bond acceptors (Lipinski definition) is 2. The topological polar surface area (TPSA) is 27.0 Å². The van der Waals surface area contributed by atoms with Crippen molar-refractivity contribution < 1.29 is 0 Å². The molecule has 3 rings (SSSR count). The molecule has 4 unspecified atom stereocenters. The standard InChI is InChI=1S/C12H18N2/c13-4-5-14-7-9-6-10(8-14)12-3-1-2-11(9)12/h9-12H,1-3,5-8H2. The fourth-order valence-electron chi connectivity index (χ4n) is 4.31. The van der Waals surface area contributed by atoms with Crippen molar-refractivity contribution in [3.05, 3.63) is 0 Å². The highest BCUT2D eigenvalue weighted by molar-refractivity contribution is 5.00. The Morgan fingerprint density at radius 2 is 1.79 bits per heavy atom. The first-order chi connectivity index (χ1) is 6.88. The number of likely N-dealkylation sites (tertiary alicyclic amines) is 1. The summed E-state index contributed by atoms with van der Waals surface area (Å²) < 4.78 is 0.